The van der Waals surface area contributed by atoms with Crippen LogP contribution in [0.4, 0.5) is 5.69 Å². The highest BCUT2D eigenvalue weighted by molar-refractivity contribution is 6.34. The number of amides is 1. The van der Waals surface area contributed by atoms with Crippen LogP contribution in [0, 0.1) is 0 Å². The standard InChI is InChI=1S/C12H15ClN2O2/c1-9(16)14-5-7-15(8-6-14)10-3-2-4-11(17)12(10)13/h2-4,17H,5-8H2,1H3. The Kier molecular flexibility index (Phi) is 3.43. The Labute approximate surface area is 105 Å². The van der Waals surface area contributed by atoms with Gasteiger partial charge in [0.15, 0.2) is 0 Å². The van der Waals surface area contributed by atoms with E-state index in [9.17, 15) is 9.90 Å². The van der Waals surface area contributed by atoms with E-state index in [-0.39, 0.29) is 11.7 Å². The molecule has 0 radical (unpaired) electrons. The Bertz CT molecular complexity index is 429. The third-order valence-electron chi connectivity index (χ3n) is 3.02. The van der Waals surface area contributed by atoms with Crippen molar-refractivity contribution >= 4 is 23.2 Å². The fourth-order valence-corrected chi connectivity index (χ4v) is 2.26. The van der Waals surface area contributed by atoms with E-state index < -0.39 is 0 Å². The molecule has 92 valence electrons. The lowest BCUT2D eigenvalue weighted by Crippen LogP contribution is -2.48. The van der Waals surface area contributed by atoms with Gasteiger partial charge in [-0.15, -0.1) is 0 Å². The molecule has 1 heterocycles. The fraction of sp³-hybridized carbons (Fsp3) is 0.417. The largest absolute Gasteiger partial charge is 0.506 e. The number of anilines is 1. The van der Waals surface area contributed by atoms with E-state index in [1.807, 2.05) is 11.0 Å². The number of benzene rings is 1. The van der Waals surface area contributed by atoms with Crippen LogP contribution in [0.2, 0.25) is 5.02 Å². The third kappa shape index (κ3) is 2.47. The maximum Gasteiger partial charge on any atom is 0.219 e. The van der Waals surface area contributed by atoms with Gasteiger partial charge in [-0.05, 0) is 12.1 Å². The lowest BCUT2D eigenvalue weighted by Gasteiger charge is -2.36. The number of halogens is 1. The molecule has 1 aliphatic rings. The number of carbonyl (C=O) groups is 1. The van der Waals surface area contributed by atoms with Gasteiger partial charge in [-0.2, -0.15) is 0 Å². The molecule has 0 aromatic heterocycles. The zero-order valence-corrected chi connectivity index (χ0v) is 10.4. The van der Waals surface area contributed by atoms with Crippen molar-refractivity contribution in [2.45, 2.75) is 6.92 Å². The zero-order chi connectivity index (χ0) is 12.4. The van der Waals surface area contributed by atoms with Gasteiger partial charge in [0.05, 0.1) is 5.69 Å². The smallest absolute Gasteiger partial charge is 0.219 e. The van der Waals surface area contributed by atoms with E-state index in [2.05, 4.69) is 4.90 Å². The minimum absolute atomic E-state index is 0.0955. The summed E-state index contributed by atoms with van der Waals surface area (Å²) in [6.07, 6.45) is 0. The maximum absolute atomic E-state index is 11.2. The first-order valence-corrected chi connectivity index (χ1v) is 5.95. The lowest BCUT2D eigenvalue weighted by atomic mass is 10.2. The number of hydrogen-bond acceptors (Lipinski definition) is 3. The first kappa shape index (κ1) is 12.0. The summed E-state index contributed by atoms with van der Waals surface area (Å²) in [5, 5.41) is 9.93. The molecule has 1 aromatic rings. The fourth-order valence-electron chi connectivity index (χ4n) is 2.01. The van der Waals surface area contributed by atoms with Crippen LogP contribution in [0.1, 0.15) is 6.92 Å². The first-order chi connectivity index (χ1) is 8.09. The number of phenolic OH excluding ortho intramolecular Hbond substituents is 1. The number of aromatic hydroxyl groups is 1. The quantitative estimate of drug-likeness (QED) is 0.830. The van der Waals surface area contributed by atoms with Gasteiger partial charge in [-0.1, -0.05) is 17.7 Å². The van der Waals surface area contributed by atoms with Crippen molar-refractivity contribution in [2.24, 2.45) is 0 Å². The Morgan fingerprint density at radius 1 is 1.29 bits per heavy atom. The molecule has 0 aliphatic carbocycles. The molecule has 0 bridgehead atoms. The number of carbonyl (C=O) groups excluding carboxylic acids is 1. The molecular formula is C12H15ClN2O2. The monoisotopic (exact) mass is 254 g/mol. The van der Waals surface area contributed by atoms with E-state index in [0.717, 1.165) is 18.8 Å². The van der Waals surface area contributed by atoms with Gasteiger partial charge in [0.2, 0.25) is 5.91 Å². The summed E-state index contributed by atoms with van der Waals surface area (Å²) >= 11 is 6.05. The van der Waals surface area contributed by atoms with Gasteiger partial charge in [-0.25, -0.2) is 0 Å². The summed E-state index contributed by atoms with van der Waals surface area (Å²) in [6.45, 7) is 4.45. The highest BCUT2D eigenvalue weighted by atomic mass is 35.5. The van der Waals surface area contributed by atoms with Crippen LogP contribution in [0.3, 0.4) is 0 Å². The molecular weight excluding hydrogens is 240 g/mol. The Morgan fingerprint density at radius 2 is 1.94 bits per heavy atom. The highest BCUT2D eigenvalue weighted by Crippen LogP contribution is 2.33. The first-order valence-electron chi connectivity index (χ1n) is 5.57. The number of piperazine rings is 1. The van der Waals surface area contributed by atoms with E-state index in [0.29, 0.717) is 18.1 Å². The second kappa shape index (κ2) is 4.84. The van der Waals surface area contributed by atoms with E-state index in [1.165, 1.54) is 0 Å². The summed E-state index contributed by atoms with van der Waals surface area (Å²) < 4.78 is 0. The summed E-state index contributed by atoms with van der Waals surface area (Å²) in [4.78, 5) is 15.1. The van der Waals surface area contributed by atoms with Crippen LogP contribution in [-0.2, 0) is 4.79 Å². The molecule has 0 saturated carbocycles. The number of hydrogen-bond donors (Lipinski definition) is 1. The van der Waals surface area contributed by atoms with Gasteiger partial charge in [0, 0.05) is 33.1 Å². The minimum atomic E-state index is 0.0955. The van der Waals surface area contributed by atoms with Crippen LogP contribution in [0.15, 0.2) is 18.2 Å². The normalized spacial score (nSPS) is 16.1. The van der Waals surface area contributed by atoms with Gasteiger partial charge in [0.1, 0.15) is 10.8 Å². The summed E-state index contributed by atoms with van der Waals surface area (Å²) in [7, 11) is 0. The number of rotatable bonds is 1. The molecule has 1 aromatic carbocycles. The zero-order valence-electron chi connectivity index (χ0n) is 9.69. The van der Waals surface area contributed by atoms with Crippen molar-refractivity contribution in [2.75, 3.05) is 31.1 Å². The molecule has 4 nitrogen and oxygen atoms in total. The molecule has 0 unspecified atom stereocenters. The molecule has 0 spiro atoms. The van der Waals surface area contributed by atoms with Gasteiger partial charge in [0.25, 0.3) is 0 Å². The van der Waals surface area contributed by atoms with E-state index in [4.69, 9.17) is 11.6 Å². The topological polar surface area (TPSA) is 43.8 Å². The summed E-state index contributed by atoms with van der Waals surface area (Å²) in [5.74, 6) is 0.199. The van der Waals surface area contributed by atoms with Crippen molar-refractivity contribution in [3.63, 3.8) is 0 Å². The van der Waals surface area contributed by atoms with Crippen molar-refractivity contribution in [3.8, 4) is 5.75 Å². The average molecular weight is 255 g/mol. The molecule has 1 N–H and O–H groups in total. The summed E-state index contributed by atoms with van der Waals surface area (Å²) in [5.41, 5.74) is 0.829. The van der Waals surface area contributed by atoms with Crippen LogP contribution in [-0.4, -0.2) is 42.1 Å². The van der Waals surface area contributed by atoms with Crippen LogP contribution >= 0.6 is 11.6 Å². The van der Waals surface area contributed by atoms with Gasteiger partial charge < -0.3 is 14.9 Å². The van der Waals surface area contributed by atoms with Gasteiger partial charge >= 0.3 is 0 Å². The lowest BCUT2D eigenvalue weighted by molar-refractivity contribution is -0.129. The van der Waals surface area contributed by atoms with Crippen molar-refractivity contribution in [1.82, 2.24) is 4.90 Å². The predicted molar refractivity (Wildman–Crippen MR) is 67.6 cm³/mol. The Morgan fingerprint density at radius 3 is 2.53 bits per heavy atom. The van der Waals surface area contributed by atoms with Crippen molar-refractivity contribution in [3.05, 3.63) is 23.2 Å². The Hall–Kier alpha value is -1.42. The van der Waals surface area contributed by atoms with Crippen LogP contribution in [0.25, 0.3) is 0 Å². The third-order valence-corrected chi connectivity index (χ3v) is 3.41. The van der Waals surface area contributed by atoms with Crippen LogP contribution in [0.5, 0.6) is 5.75 Å². The molecule has 1 amide bonds. The molecule has 1 saturated heterocycles. The minimum Gasteiger partial charge on any atom is -0.506 e. The maximum atomic E-state index is 11.2. The second-order valence-electron chi connectivity index (χ2n) is 4.10. The van der Waals surface area contributed by atoms with E-state index >= 15 is 0 Å². The van der Waals surface area contributed by atoms with Crippen molar-refractivity contribution < 1.29 is 9.90 Å². The summed E-state index contributed by atoms with van der Waals surface area (Å²) in [6, 6.07) is 5.22. The Balaban J connectivity index is 2.10. The molecule has 2 rings (SSSR count). The molecule has 1 aliphatic heterocycles. The molecule has 5 heteroatoms. The predicted octanol–water partition coefficient (Wildman–Crippen LogP) is 1.71. The van der Waals surface area contributed by atoms with E-state index in [1.54, 1.807) is 19.1 Å². The number of phenols is 1. The van der Waals surface area contributed by atoms with Crippen LogP contribution < -0.4 is 4.90 Å². The highest BCUT2D eigenvalue weighted by Gasteiger charge is 2.20. The van der Waals surface area contributed by atoms with Crippen molar-refractivity contribution in [1.29, 1.82) is 0 Å². The molecule has 1 fully saturated rings. The molecule has 17 heavy (non-hydrogen) atoms. The average Bonchev–Trinajstić information content (AvgIpc) is 2.33. The second-order valence-corrected chi connectivity index (χ2v) is 4.48. The number of nitrogens with zero attached hydrogens (tertiary/aromatic N) is 2. The molecule has 0 atom stereocenters. The SMILES string of the molecule is CC(=O)N1CCN(c2cccc(O)c2Cl)CC1. The van der Waals surface area contributed by atoms with Gasteiger partial charge in [-0.3, -0.25) is 4.79 Å².